The van der Waals surface area contributed by atoms with Gasteiger partial charge in [0.2, 0.25) is 0 Å². The van der Waals surface area contributed by atoms with Gasteiger partial charge in [-0.1, -0.05) is 66.7 Å². The zero-order valence-electron chi connectivity index (χ0n) is 14.9. The summed E-state index contributed by atoms with van der Waals surface area (Å²) in [5.41, 5.74) is 0.283. The number of hydrogen-bond donors (Lipinski definition) is 2. The fraction of sp³-hybridized carbons (Fsp3) is 0.778. The molecule has 1 aliphatic heterocycles. The van der Waals surface area contributed by atoms with E-state index in [-0.39, 0.29) is 5.41 Å². The highest BCUT2D eigenvalue weighted by Gasteiger charge is 2.12. The molecule has 0 saturated heterocycles. The van der Waals surface area contributed by atoms with Crippen molar-refractivity contribution in [2.75, 3.05) is 19.6 Å². The first-order chi connectivity index (χ1) is 9.52. The predicted molar refractivity (Wildman–Crippen MR) is 94.0 cm³/mol. The Bertz CT molecular complexity index is 240. The fourth-order valence-electron chi connectivity index (χ4n) is 1.72. The van der Waals surface area contributed by atoms with Gasteiger partial charge in [-0.2, -0.15) is 0 Å². The Morgan fingerprint density at radius 3 is 2.30 bits per heavy atom. The van der Waals surface area contributed by atoms with Gasteiger partial charge in [-0.25, -0.2) is 0 Å². The van der Waals surface area contributed by atoms with E-state index in [1.807, 2.05) is 13.8 Å². The molecule has 0 fully saturated rings. The first kappa shape index (κ1) is 21.5. The maximum absolute atomic E-state index is 3.34. The molecule has 0 spiro atoms. The van der Waals surface area contributed by atoms with E-state index in [1.165, 1.54) is 12.8 Å². The quantitative estimate of drug-likeness (QED) is 0.715. The standard InChI is InChI=1S/C12H21N.C4H11N.C2H6/c1-11-6-4-5-8-12(2,3)10-13-9-7-11;1-3-5-4-2;1-2/h5,7-9,11,13H,4,6,10H2,1-3H3;5H,3-4H2,1-2H3;1-2H3/b8-5+,9-7+;;. The summed E-state index contributed by atoms with van der Waals surface area (Å²) in [6, 6.07) is 0. The van der Waals surface area contributed by atoms with Crippen LogP contribution in [0.2, 0.25) is 0 Å². The molecule has 2 heteroatoms. The van der Waals surface area contributed by atoms with E-state index in [2.05, 4.69) is 69.7 Å². The highest BCUT2D eigenvalue weighted by atomic mass is 14.8. The topological polar surface area (TPSA) is 24.1 Å². The van der Waals surface area contributed by atoms with Crippen molar-refractivity contribution in [3.05, 3.63) is 24.4 Å². The van der Waals surface area contributed by atoms with Crippen LogP contribution in [0.3, 0.4) is 0 Å². The Labute approximate surface area is 128 Å². The smallest absolute Gasteiger partial charge is 0.0227 e. The largest absolute Gasteiger partial charge is 0.390 e. The number of allylic oxidation sites excluding steroid dienone is 2. The second kappa shape index (κ2) is 14.6. The van der Waals surface area contributed by atoms with E-state index in [0.717, 1.165) is 19.6 Å². The van der Waals surface area contributed by atoms with Gasteiger partial charge in [0, 0.05) is 6.54 Å². The minimum absolute atomic E-state index is 0.283. The summed E-state index contributed by atoms with van der Waals surface area (Å²) in [7, 11) is 0. The third-order valence-electron chi connectivity index (χ3n) is 2.96. The maximum atomic E-state index is 3.34. The Morgan fingerprint density at radius 1 is 1.20 bits per heavy atom. The van der Waals surface area contributed by atoms with Crippen LogP contribution in [0.25, 0.3) is 0 Å². The van der Waals surface area contributed by atoms with Gasteiger partial charge in [-0.05, 0) is 43.5 Å². The molecule has 1 rings (SSSR count). The molecule has 2 nitrogen and oxygen atoms in total. The molecular formula is C18H38N2. The minimum Gasteiger partial charge on any atom is -0.390 e. The van der Waals surface area contributed by atoms with Crippen LogP contribution in [0, 0.1) is 11.3 Å². The van der Waals surface area contributed by atoms with Crippen LogP contribution in [0.15, 0.2) is 24.4 Å². The zero-order chi connectivity index (χ0) is 15.9. The van der Waals surface area contributed by atoms with Gasteiger partial charge in [-0.3, -0.25) is 0 Å². The third-order valence-corrected chi connectivity index (χ3v) is 2.96. The average Bonchev–Trinajstić information content (AvgIpc) is 2.43. The van der Waals surface area contributed by atoms with Crippen molar-refractivity contribution in [2.45, 2.75) is 61.3 Å². The van der Waals surface area contributed by atoms with E-state index >= 15 is 0 Å². The van der Waals surface area contributed by atoms with Crippen LogP contribution in [0.1, 0.15) is 61.3 Å². The highest BCUT2D eigenvalue weighted by Crippen LogP contribution is 2.18. The zero-order valence-corrected chi connectivity index (χ0v) is 14.9. The van der Waals surface area contributed by atoms with Crippen LogP contribution in [-0.4, -0.2) is 19.6 Å². The average molecular weight is 283 g/mol. The molecule has 20 heavy (non-hydrogen) atoms. The van der Waals surface area contributed by atoms with Gasteiger partial charge in [0.1, 0.15) is 0 Å². The normalized spacial score (nSPS) is 23.9. The molecule has 0 aromatic carbocycles. The molecule has 0 bridgehead atoms. The number of nitrogens with one attached hydrogen (secondary N) is 2. The van der Waals surface area contributed by atoms with E-state index < -0.39 is 0 Å². The van der Waals surface area contributed by atoms with E-state index in [4.69, 9.17) is 0 Å². The molecule has 1 unspecified atom stereocenters. The fourth-order valence-corrected chi connectivity index (χ4v) is 1.72. The van der Waals surface area contributed by atoms with Gasteiger partial charge < -0.3 is 10.6 Å². The Balaban J connectivity index is 0. The van der Waals surface area contributed by atoms with Crippen LogP contribution in [-0.2, 0) is 0 Å². The molecule has 0 aromatic heterocycles. The van der Waals surface area contributed by atoms with Crippen LogP contribution >= 0.6 is 0 Å². The molecule has 0 saturated carbocycles. The van der Waals surface area contributed by atoms with E-state index in [1.54, 1.807) is 0 Å². The van der Waals surface area contributed by atoms with Crippen LogP contribution < -0.4 is 10.6 Å². The van der Waals surface area contributed by atoms with Gasteiger partial charge in [0.05, 0.1) is 0 Å². The Kier molecular flexibility index (Phi) is 15.8. The van der Waals surface area contributed by atoms with Crippen molar-refractivity contribution >= 4 is 0 Å². The molecule has 1 atom stereocenters. The Morgan fingerprint density at radius 2 is 1.80 bits per heavy atom. The molecule has 0 radical (unpaired) electrons. The Hall–Kier alpha value is -0.760. The minimum atomic E-state index is 0.283. The summed E-state index contributed by atoms with van der Waals surface area (Å²) < 4.78 is 0. The maximum Gasteiger partial charge on any atom is 0.0227 e. The second-order valence-electron chi connectivity index (χ2n) is 5.64. The van der Waals surface area contributed by atoms with Crippen molar-refractivity contribution < 1.29 is 0 Å². The SMILES string of the molecule is CC.CC1/C=C/NCC(C)(C)/C=C/CC1.CCNCC. The first-order valence-electron chi connectivity index (χ1n) is 8.30. The summed E-state index contributed by atoms with van der Waals surface area (Å²) in [6.07, 6.45) is 11.5. The summed E-state index contributed by atoms with van der Waals surface area (Å²) in [6.45, 7) is 18.2. The van der Waals surface area contributed by atoms with Gasteiger partial charge in [0.15, 0.2) is 0 Å². The van der Waals surface area contributed by atoms with E-state index in [0.29, 0.717) is 5.92 Å². The second-order valence-corrected chi connectivity index (χ2v) is 5.64. The summed E-state index contributed by atoms with van der Waals surface area (Å²) >= 11 is 0. The first-order valence-corrected chi connectivity index (χ1v) is 8.30. The van der Waals surface area contributed by atoms with Gasteiger partial charge >= 0.3 is 0 Å². The van der Waals surface area contributed by atoms with Gasteiger partial charge in [-0.15, -0.1) is 0 Å². The lowest BCUT2D eigenvalue weighted by atomic mass is 9.91. The van der Waals surface area contributed by atoms with E-state index in [9.17, 15) is 0 Å². The molecular weight excluding hydrogens is 244 g/mol. The number of rotatable bonds is 2. The van der Waals surface area contributed by atoms with Crippen LogP contribution in [0.4, 0.5) is 0 Å². The summed E-state index contributed by atoms with van der Waals surface area (Å²) in [5.74, 6) is 0.693. The number of hydrogen-bond acceptors (Lipinski definition) is 2. The predicted octanol–water partition coefficient (Wildman–Crippen LogP) is 4.74. The van der Waals surface area contributed by atoms with Crippen molar-refractivity contribution in [1.29, 1.82) is 0 Å². The molecule has 120 valence electrons. The third kappa shape index (κ3) is 15.3. The lowest BCUT2D eigenvalue weighted by Gasteiger charge is -2.21. The van der Waals surface area contributed by atoms with Crippen molar-refractivity contribution in [1.82, 2.24) is 10.6 Å². The summed E-state index contributed by atoms with van der Waals surface area (Å²) in [5, 5.41) is 6.46. The van der Waals surface area contributed by atoms with Gasteiger partial charge in [0.25, 0.3) is 0 Å². The molecule has 2 N–H and O–H groups in total. The van der Waals surface area contributed by atoms with Crippen molar-refractivity contribution in [3.8, 4) is 0 Å². The lowest BCUT2D eigenvalue weighted by molar-refractivity contribution is 0.457. The lowest BCUT2D eigenvalue weighted by Crippen LogP contribution is -2.24. The molecule has 0 amide bonds. The molecule has 0 aliphatic carbocycles. The highest BCUT2D eigenvalue weighted by molar-refractivity contribution is 4.99. The molecule has 1 heterocycles. The summed E-state index contributed by atoms with van der Waals surface area (Å²) in [4.78, 5) is 0. The van der Waals surface area contributed by atoms with Crippen molar-refractivity contribution in [3.63, 3.8) is 0 Å². The van der Waals surface area contributed by atoms with Crippen molar-refractivity contribution in [2.24, 2.45) is 11.3 Å². The molecule has 0 aromatic rings. The van der Waals surface area contributed by atoms with Crippen LogP contribution in [0.5, 0.6) is 0 Å². The molecule has 1 aliphatic rings. The monoisotopic (exact) mass is 282 g/mol.